The predicted molar refractivity (Wildman–Crippen MR) is 91.3 cm³/mol. The first-order chi connectivity index (χ1) is 11.7. The van der Waals surface area contributed by atoms with Crippen molar-refractivity contribution in [3.05, 3.63) is 83.7 Å². The van der Waals surface area contributed by atoms with Crippen LogP contribution in [0.1, 0.15) is 23.0 Å². The SMILES string of the molecule is COc1ccc(CN[C@@H](c2cccc(F)c2)c2nccn2C)cc1. The molecular weight excluding hydrogens is 305 g/mol. The molecule has 5 heteroatoms. The molecule has 4 nitrogen and oxygen atoms in total. The van der Waals surface area contributed by atoms with Gasteiger partial charge in [-0.2, -0.15) is 0 Å². The average molecular weight is 325 g/mol. The molecule has 124 valence electrons. The van der Waals surface area contributed by atoms with Crippen LogP contribution in [0.2, 0.25) is 0 Å². The van der Waals surface area contributed by atoms with Gasteiger partial charge in [-0.25, -0.2) is 9.37 Å². The molecule has 0 amide bonds. The minimum absolute atomic E-state index is 0.192. The molecule has 0 bridgehead atoms. The molecule has 0 spiro atoms. The molecule has 0 unspecified atom stereocenters. The maximum absolute atomic E-state index is 13.6. The first-order valence-electron chi connectivity index (χ1n) is 7.76. The lowest BCUT2D eigenvalue weighted by Crippen LogP contribution is -2.24. The molecule has 0 radical (unpaired) electrons. The zero-order valence-corrected chi connectivity index (χ0v) is 13.7. The molecule has 0 aliphatic carbocycles. The van der Waals surface area contributed by atoms with Gasteiger partial charge in [0.05, 0.1) is 13.2 Å². The van der Waals surface area contributed by atoms with E-state index in [-0.39, 0.29) is 11.9 Å². The molecule has 1 aromatic heterocycles. The van der Waals surface area contributed by atoms with Crippen LogP contribution >= 0.6 is 0 Å². The number of aromatic nitrogens is 2. The van der Waals surface area contributed by atoms with Crippen LogP contribution in [-0.4, -0.2) is 16.7 Å². The van der Waals surface area contributed by atoms with Crippen LogP contribution in [0.15, 0.2) is 60.9 Å². The monoisotopic (exact) mass is 325 g/mol. The first-order valence-corrected chi connectivity index (χ1v) is 7.76. The third kappa shape index (κ3) is 3.63. The Morgan fingerprint density at radius 1 is 1.21 bits per heavy atom. The van der Waals surface area contributed by atoms with Crippen molar-refractivity contribution in [3.63, 3.8) is 0 Å². The number of halogens is 1. The summed E-state index contributed by atoms with van der Waals surface area (Å²) >= 11 is 0. The van der Waals surface area contributed by atoms with E-state index >= 15 is 0 Å². The fourth-order valence-electron chi connectivity index (χ4n) is 2.66. The summed E-state index contributed by atoms with van der Waals surface area (Å²) in [5.74, 6) is 1.41. The summed E-state index contributed by atoms with van der Waals surface area (Å²) in [6.45, 7) is 0.637. The molecule has 2 aromatic carbocycles. The van der Waals surface area contributed by atoms with Crippen molar-refractivity contribution in [1.29, 1.82) is 0 Å². The number of nitrogens with zero attached hydrogens (tertiary/aromatic N) is 2. The summed E-state index contributed by atoms with van der Waals surface area (Å²) < 4.78 is 20.8. The van der Waals surface area contributed by atoms with Gasteiger partial charge in [-0.3, -0.25) is 5.32 Å². The van der Waals surface area contributed by atoms with Gasteiger partial charge in [-0.1, -0.05) is 24.3 Å². The van der Waals surface area contributed by atoms with Gasteiger partial charge in [0.15, 0.2) is 0 Å². The van der Waals surface area contributed by atoms with Crippen LogP contribution < -0.4 is 10.1 Å². The highest BCUT2D eigenvalue weighted by molar-refractivity contribution is 5.29. The highest BCUT2D eigenvalue weighted by atomic mass is 19.1. The summed E-state index contributed by atoms with van der Waals surface area (Å²) in [6, 6.07) is 14.3. The van der Waals surface area contributed by atoms with Crippen molar-refractivity contribution in [2.75, 3.05) is 7.11 Å². The molecule has 1 atom stereocenters. The highest BCUT2D eigenvalue weighted by Gasteiger charge is 2.18. The minimum Gasteiger partial charge on any atom is -0.497 e. The van der Waals surface area contributed by atoms with Gasteiger partial charge in [0, 0.05) is 26.0 Å². The molecule has 24 heavy (non-hydrogen) atoms. The molecule has 3 rings (SSSR count). The van der Waals surface area contributed by atoms with Crippen molar-refractivity contribution < 1.29 is 9.13 Å². The van der Waals surface area contributed by atoms with Crippen molar-refractivity contribution >= 4 is 0 Å². The number of methoxy groups -OCH3 is 1. The second-order valence-corrected chi connectivity index (χ2v) is 5.61. The Hall–Kier alpha value is -2.66. The van der Waals surface area contributed by atoms with E-state index in [0.717, 1.165) is 22.7 Å². The standard InChI is InChI=1S/C19H20FN3O/c1-23-11-10-21-19(23)18(15-4-3-5-16(20)12-15)22-13-14-6-8-17(24-2)9-7-14/h3-12,18,22H,13H2,1-2H3/t18-/m0/s1. The molecule has 1 N–H and O–H groups in total. The third-order valence-electron chi connectivity index (χ3n) is 3.97. The second-order valence-electron chi connectivity index (χ2n) is 5.61. The topological polar surface area (TPSA) is 39.1 Å². The lowest BCUT2D eigenvalue weighted by molar-refractivity contribution is 0.414. The zero-order valence-electron chi connectivity index (χ0n) is 13.7. The van der Waals surface area contributed by atoms with Crippen molar-refractivity contribution in [2.45, 2.75) is 12.6 Å². The van der Waals surface area contributed by atoms with Crippen LogP contribution in [-0.2, 0) is 13.6 Å². The second kappa shape index (κ2) is 7.27. The Morgan fingerprint density at radius 2 is 2.00 bits per heavy atom. The minimum atomic E-state index is -0.252. The number of imidazole rings is 1. The molecule has 0 aliphatic heterocycles. The number of rotatable bonds is 6. The molecule has 0 saturated carbocycles. The fraction of sp³-hybridized carbons (Fsp3) is 0.211. The van der Waals surface area contributed by atoms with Gasteiger partial charge in [-0.15, -0.1) is 0 Å². The normalized spacial score (nSPS) is 12.1. The number of ether oxygens (including phenoxy) is 1. The maximum atomic E-state index is 13.6. The molecule has 0 saturated heterocycles. The predicted octanol–water partition coefficient (Wildman–Crippen LogP) is 3.45. The van der Waals surface area contributed by atoms with Gasteiger partial charge in [0.25, 0.3) is 0 Å². The van der Waals surface area contributed by atoms with Crippen LogP contribution in [0.4, 0.5) is 4.39 Å². The molecule has 0 fully saturated rings. The summed E-state index contributed by atoms with van der Waals surface area (Å²) in [5, 5.41) is 3.47. The Kier molecular flexibility index (Phi) is 4.91. The molecular formula is C19H20FN3O. The number of benzene rings is 2. The maximum Gasteiger partial charge on any atom is 0.130 e. The Morgan fingerprint density at radius 3 is 2.62 bits per heavy atom. The number of nitrogens with one attached hydrogen (secondary N) is 1. The molecule has 1 heterocycles. The summed E-state index contributed by atoms with van der Waals surface area (Å²) in [5.41, 5.74) is 1.96. The third-order valence-corrected chi connectivity index (χ3v) is 3.97. The Balaban J connectivity index is 1.83. The summed E-state index contributed by atoms with van der Waals surface area (Å²) in [7, 11) is 3.58. The van der Waals surface area contributed by atoms with E-state index in [2.05, 4.69) is 10.3 Å². The summed E-state index contributed by atoms with van der Waals surface area (Å²) in [6.07, 6.45) is 3.63. The molecule has 3 aromatic rings. The average Bonchev–Trinajstić information content (AvgIpc) is 3.02. The van der Waals surface area contributed by atoms with Crippen LogP contribution in [0.25, 0.3) is 0 Å². The highest BCUT2D eigenvalue weighted by Crippen LogP contribution is 2.22. The quantitative estimate of drug-likeness (QED) is 0.754. The van der Waals surface area contributed by atoms with E-state index in [1.807, 2.05) is 48.1 Å². The van der Waals surface area contributed by atoms with Gasteiger partial charge >= 0.3 is 0 Å². The van der Waals surface area contributed by atoms with E-state index in [0.29, 0.717) is 6.54 Å². The van der Waals surface area contributed by atoms with Gasteiger partial charge in [0.2, 0.25) is 0 Å². The molecule has 0 aliphatic rings. The zero-order chi connectivity index (χ0) is 16.9. The van der Waals surface area contributed by atoms with Crippen molar-refractivity contribution in [1.82, 2.24) is 14.9 Å². The lowest BCUT2D eigenvalue weighted by atomic mass is 10.1. The first kappa shape index (κ1) is 16.2. The number of hydrogen-bond acceptors (Lipinski definition) is 3. The van der Waals surface area contributed by atoms with E-state index in [1.165, 1.54) is 6.07 Å². The Bertz CT molecular complexity index is 798. The van der Waals surface area contributed by atoms with Gasteiger partial charge < -0.3 is 9.30 Å². The van der Waals surface area contributed by atoms with Crippen LogP contribution in [0.5, 0.6) is 5.75 Å². The lowest BCUT2D eigenvalue weighted by Gasteiger charge is -2.19. The van der Waals surface area contributed by atoms with Crippen LogP contribution in [0.3, 0.4) is 0 Å². The van der Waals surface area contributed by atoms with Crippen LogP contribution in [0, 0.1) is 5.82 Å². The van der Waals surface area contributed by atoms with E-state index in [4.69, 9.17) is 4.74 Å². The fourth-order valence-corrected chi connectivity index (χ4v) is 2.66. The smallest absolute Gasteiger partial charge is 0.130 e. The number of hydrogen-bond donors (Lipinski definition) is 1. The van der Waals surface area contributed by atoms with Gasteiger partial charge in [0.1, 0.15) is 17.4 Å². The van der Waals surface area contributed by atoms with Crippen molar-refractivity contribution in [3.8, 4) is 5.75 Å². The van der Waals surface area contributed by atoms with E-state index in [1.54, 1.807) is 25.4 Å². The van der Waals surface area contributed by atoms with Crippen molar-refractivity contribution in [2.24, 2.45) is 7.05 Å². The number of aryl methyl sites for hydroxylation is 1. The van der Waals surface area contributed by atoms with Gasteiger partial charge in [-0.05, 0) is 35.4 Å². The Labute approximate surface area is 140 Å². The van der Waals surface area contributed by atoms with E-state index < -0.39 is 0 Å². The summed E-state index contributed by atoms with van der Waals surface area (Å²) in [4.78, 5) is 4.42. The largest absolute Gasteiger partial charge is 0.497 e. The van der Waals surface area contributed by atoms with E-state index in [9.17, 15) is 4.39 Å².